The summed E-state index contributed by atoms with van der Waals surface area (Å²) in [5, 5.41) is 15.8. The molecule has 0 saturated carbocycles. The minimum Gasteiger partial charge on any atom is -0.490 e. The lowest BCUT2D eigenvalue weighted by Gasteiger charge is -2.13. The molecular weight excluding hydrogens is 595 g/mol. The van der Waals surface area contributed by atoms with Gasteiger partial charge in [0.25, 0.3) is 0 Å². The molecule has 0 aliphatic rings. The standard InChI is InChI=1S/C34H31FN4O7/c1-4-43-32-18-24(17-30(39(41)42)33(32)45-20-25-7-5-6-8-29(25)35)19-36-37-34(40)31-16-15-28(46-31)21-44-27-13-11-26(12-14-27)38-22(2)9-10-23(38)3/h5-19H,4,20-21H2,1-3H3,(H,37,40)/b36-19+. The lowest BCUT2D eigenvalue weighted by molar-refractivity contribution is -0.386. The zero-order valence-corrected chi connectivity index (χ0v) is 25.4. The average Bonchev–Trinajstić information content (AvgIpc) is 3.66. The van der Waals surface area contributed by atoms with Crippen LogP contribution in [0, 0.1) is 29.8 Å². The lowest BCUT2D eigenvalue weighted by Crippen LogP contribution is -2.16. The van der Waals surface area contributed by atoms with Gasteiger partial charge in [-0.25, -0.2) is 9.82 Å². The highest BCUT2D eigenvalue weighted by Crippen LogP contribution is 2.39. The van der Waals surface area contributed by atoms with Gasteiger partial charge in [-0.1, -0.05) is 18.2 Å². The summed E-state index contributed by atoms with van der Waals surface area (Å²) in [6.07, 6.45) is 1.22. The number of ether oxygens (including phenoxy) is 3. The second-order valence-corrected chi connectivity index (χ2v) is 10.1. The second-order valence-electron chi connectivity index (χ2n) is 10.1. The van der Waals surface area contributed by atoms with Crippen LogP contribution >= 0.6 is 0 Å². The van der Waals surface area contributed by atoms with Crippen LogP contribution in [-0.4, -0.2) is 28.2 Å². The number of nitrogens with zero attached hydrogens (tertiary/aromatic N) is 3. The predicted octanol–water partition coefficient (Wildman–Crippen LogP) is 7.06. The Balaban J connectivity index is 1.20. The predicted molar refractivity (Wildman–Crippen MR) is 168 cm³/mol. The van der Waals surface area contributed by atoms with Crippen LogP contribution < -0.4 is 19.6 Å². The van der Waals surface area contributed by atoms with E-state index in [0.29, 0.717) is 11.5 Å². The Hall–Kier alpha value is -5.91. The Morgan fingerprint density at radius 2 is 1.72 bits per heavy atom. The number of halogens is 1. The molecule has 46 heavy (non-hydrogen) atoms. The van der Waals surface area contributed by atoms with Gasteiger partial charge in [-0.15, -0.1) is 0 Å². The van der Waals surface area contributed by atoms with E-state index in [1.54, 1.807) is 19.1 Å². The molecule has 2 aromatic heterocycles. The molecule has 236 valence electrons. The van der Waals surface area contributed by atoms with Crippen molar-refractivity contribution in [3.8, 4) is 22.9 Å². The molecule has 0 aliphatic carbocycles. The van der Waals surface area contributed by atoms with E-state index in [9.17, 15) is 19.3 Å². The number of nitro benzene ring substituents is 1. The third-order valence-corrected chi connectivity index (χ3v) is 6.90. The van der Waals surface area contributed by atoms with E-state index in [2.05, 4.69) is 27.2 Å². The van der Waals surface area contributed by atoms with Crippen molar-refractivity contribution in [1.82, 2.24) is 9.99 Å². The van der Waals surface area contributed by atoms with E-state index >= 15 is 0 Å². The van der Waals surface area contributed by atoms with Crippen molar-refractivity contribution in [2.45, 2.75) is 34.0 Å². The summed E-state index contributed by atoms with van der Waals surface area (Å²) in [6.45, 7) is 5.85. The van der Waals surface area contributed by atoms with Gasteiger partial charge in [0, 0.05) is 34.3 Å². The Labute approximate surface area is 264 Å². The first kappa shape index (κ1) is 31.5. The van der Waals surface area contributed by atoms with E-state index < -0.39 is 22.3 Å². The number of benzene rings is 3. The summed E-state index contributed by atoms with van der Waals surface area (Å²) < 4.78 is 38.8. The number of nitrogens with one attached hydrogen (secondary N) is 1. The molecular formula is C34H31FN4O7. The molecule has 5 aromatic rings. The van der Waals surface area contributed by atoms with Gasteiger partial charge in [-0.2, -0.15) is 5.10 Å². The van der Waals surface area contributed by atoms with Crippen molar-refractivity contribution >= 4 is 17.8 Å². The van der Waals surface area contributed by atoms with E-state index in [1.165, 1.54) is 42.6 Å². The number of furan rings is 1. The first-order valence-electron chi connectivity index (χ1n) is 14.3. The van der Waals surface area contributed by atoms with Crippen molar-refractivity contribution in [3.63, 3.8) is 0 Å². The molecule has 3 aromatic carbocycles. The van der Waals surface area contributed by atoms with Gasteiger partial charge in [0.2, 0.25) is 5.75 Å². The van der Waals surface area contributed by atoms with E-state index in [0.717, 1.165) is 17.1 Å². The van der Waals surface area contributed by atoms with Crippen LogP contribution in [0.3, 0.4) is 0 Å². The summed E-state index contributed by atoms with van der Waals surface area (Å²) >= 11 is 0. The topological polar surface area (TPSA) is 130 Å². The first-order valence-corrected chi connectivity index (χ1v) is 14.3. The minimum absolute atomic E-state index is 0.00235. The normalized spacial score (nSPS) is 11.0. The smallest absolute Gasteiger partial charge is 0.315 e. The zero-order chi connectivity index (χ0) is 32.6. The number of nitro groups is 1. The SMILES string of the molecule is CCOc1cc(/C=N/NC(=O)c2ccc(COc3ccc(-n4c(C)ccc4C)cc3)o2)cc([N+](=O)[O-])c1OCc1ccccc1F. The van der Waals surface area contributed by atoms with Crippen LogP contribution in [0.1, 0.15) is 45.8 Å². The van der Waals surface area contributed by atoms with E-state index in [4.69, 9.17) is 18.6 Å². The Bertz CT molecular complexity index is 1860. The lowest BCUT2D eigenvalue weighted by atomic mass is 10.1. The Morgan fingerprint density at radius 3 is 2.41 bits per heavy atom. The van der Waals surface area contributed by atoms with E-state index in [1.807, 2.05) is 38.1 Å². The Kier molecular flexibility index (Phi) is 9.76. The number of aryl methyl sites for hydroxylation is 2. The fourth-order valence-corrected chi connectivity index (χ4v) is 4.71. The molecule has 0 bridgehead atoms. The van der Waals surface area contributed by atoms with Gasteiger partial charge in [0.15, 0.2) is 11.5 Å². The quantitative estimate of drug-likeness (QED) is 0.0842. The van der Waals surface area contributed by atoms with Gasteiger partial charge in [0.1, 0.15) is 30.5 Å². The van der Waals surface area contributed by atoms with Crippen LogP contribution in [0.15, 0.2) is 94.4 Å². The summed E-state index contributed by atoms with van der Waals surface area (Å²) in [4.78, 5) is 23.9. The molecule has 0 radical (unpaired) electrons. The number of hydrogen-bond donors (Lipinski definition) is 1. The highest BCUT2D eigenvalue weighted by Gasteiger charge is 2.23. The van der Waals surface area contributed by atoms with Crippen LogP contribution in [0.25, 0.3) is 5.69 Å². The van der Waals surface area contributed by atoms with Crippen LogP contribution in [0.5, 0.6) is 17.2 Å². The van der Waals surface area contributed by atoms with Crippen molar-refractivity contribution < 1.29 is 32.7 Å². The summed E-state index contributed by atoms with van der Waals surface area (Å²) in [5.41, 5.74) is 5.72. The zero-order valence-electron chi connectivity index (χ0n) is 25.4. The minimum atomic E-state index is -0.639. The summed E-state index contributed by atoms with van der Waals surface area (Å²) in [6, 6.07) is 23.5. The van der Waals surface area contributed by atoms with Crippen molar-refractivity contribution in [2.24, 2.45) is 5.10 Å². The van der Waals surface area contributed by atoms with E-state index in [-0.39, 0.29) is 48.2 Å². The van der Waals surface area contributed by atoms with Crippen LogP contribution in [-0.2, 0) is 13.2 Å². The number of hydrogen-bond acceptors (Lipinski definition) is 8. The maximum absolute atomic E-state index is 14.1. The second kappa shape index (κ2) is 14.2. The first-order chi connectivity index (χ1) is 22.2. The Morgan fingerprint density at radius 1 is 0.978 bits per heavy atom. The largest absolute Gasteiger partial charge is 0.490 e. The van der Waals surface area contributed by atoms with Gasteiger partial charge < -0.3 is 23.2 Å². The number of rotatable bonds is 13. The van der Waals surface area contributed by atoms with Crippen molar-refractivity contribution in [2.75, 3.05) is 6.61 Å². The third-order valence-electron chi connectivity index (χ3n) is 6.90. The molecule has 11 nitrogen and oxygen atoms in total. The van der Waals surface area contributed by atoms with Crippen LogP contribution in [0.4, 0.5) is 10.1 Å². The number of amides is 1. The van der Waals surface area contributed by atoms with Crippen molar-refractivity contribution in [3.05, 3.63) is 135 Å². The molecule has 0 unspecified atom stereocenters. The third kappa shape index (κ3) is 7.41. The average molecular weight is 627 g/mol. The molecule has 0 saturated heterocycles. The molecule has 0 spiro atoms. The molecule has 2 heterocycles. The molecule has 0 atom stereocenters. The fourth-order valence-electron chi connectivity index (χ4n) is 4.71. The number of carbonyl (C=O) groups is 1. The summed E-state index contributed by atoms with van der Waals surface area (Å²) in [5.74, 6) is -0.135. The maximum atomic E-state index is 14.1. The van der Waals surface area contributed by atoms with Crippen LogP contribution in [0.2, 0.25) is 0 Å². The number of aromatic nitrogens is 1. The monoisotopic (exact) mass is 626 g/mol. The number of carbonyl (C=O) groups excluding carboxylic acids is 1. The van der Waals surface area contributed by atoms with Gasteiger partial charge in [-0.05, 0) is 81.4 Å². The summed E-state index contributed by atoms with van der Waals surface area (Å²) in [7, 11) is 0. The van der Waals surface area contributed by atoms with Gasteiger partial charge in [-0.3, -0.25) is 14.9 Å². The molecule has 1 amide bonds. The molecule has 0 aliphatic heterocycles. The molecule has 0 fully saturated rings. The fraction of sp³-hybridized carbons (Fsp3) is 0.176. The van der Waals surface area contributed by atoms with Gasteiger partial charge in [0.05, 0.1) is 17.7 Å². The highest BCUT2D eigenvalue weighted by molar-refractivity contribution is 5.92. The molecule has 5 rings (SSSR count). The maximum Gasteiger partial charge on any atom is 0.315 e. The molecule has 12 heteroatoms. The van der Waals surface area contributed by atoms with Crippen molar-refractivity contribution in [1.29, 1.82) is 0 Å². The van der Waals surface area contributed by atoms with Gasteiger partial charge >= 0.3 is 11.6 Å². The number of hydrazone groups is 1. The highest BCUT2D eigenvalue weighted by atomic mass is 19.1. The molecule has 1 N–H and O–H groups in total.